The van der Waals surface area contributed by atoms with Crippen molar-refractivity contribution >= 4 is 22.2 Å². The molecule has 0 saturated heterocycles. The van der Waals surface area contributed by atoms with E-state index in [2.05, 4.69) is 15.6 Å². The molecule has 0 saturated carbocycles. The molecule has 126 valence electrons. The highest BCUT2D eigenvalue weighted by Crippen LogP contribution is 2.34. The Bertz CT molecular complexity index is 946. The van der Waals surface area contributed by atoms with Crippen LogP contribution in [-0.2, 0) is 10.8 Å². The summed E-state index contributed by atoms with van der Waals surface area (Å²) in [6.07, 6.45) is 1.79. The van der Waals surface area contributed by atoms with Crippen molar-refractivity contribution in [1.29, 1.82) is 0 Å². The van der Waals surface area contributed by atoms with E-state index in [1.165, 1.54) is 0 Å². The number of anilines is 2. The van der Waals surface area contributed by atoms with Crippen LogP contribution >= 0.6 is 0 Å². The largest absolute Gasteiger partial charge is 0.353 e. The van der Waals surface area contributed by atoms with Crippen molar-refractivity contribution in [2.24, 2.45) is 0 Å². The van der Waals surface area contributed by atoms with Crippen LogP contribution in [0.3, 0.4) is 0 Å². The molecular formula is C20H19N3OS. The average molecular weight is 349 g/mol. The second-order valence-corrected chi connectivity index (χ2v) is 7.66. The number of para-hydroxylation sites is 2. The quantitative estimate of drug-likeness (QED) is 0.740. The Morgan fingerprint density at radius 1 is 0.960 bits per heavy atom. The van der Waals surface area contributed by atoms with Crippen LogP contribution in [0.5, 0.6) is 0 Å². The maximum Gasteiger partial charge on any atom is 0.180 e. The third-order valence-electron chi connectivity index (χ3n) is 4.32. The van der Waals surface area contributed by atoms with Crippen molar-refractivity contribution < 1.29 is 4.21 Å². The van der Waals surface area contributed by atoms with Crippen LogP contribution < -0.4 is 10.6 Å². The molecule has 0 bridgehead atoms. The number of nitrogens with zero attached hydrogens (tertiary/aromatic N) is 1. The summed E-state index contributed by atoms with van der Waals surface area (Å²) in [6.45, 7) is 4.03. The first-order valence-corrected chi connectivity index (χ1v) is 9.40. The minimum Gasteiger partial charge on any atom is -0.353 e. The summed E-state index contributed by atoms with van der Waals surface area (Å²) in [5.74, 6) is 0. The predicted molar refractivity (Wildman–Crippen MR) is 103 cm³/mol. The first-order chi connectivity index (χ1) is 12.1. The highest BCUT2D eigenvalue weighted by atomic mass is 32.2. The van der Waals surface area contributed by atoms with Gasteiger partial charge in [-0.05, 0) is 49.2 Å². The molecule has 4 nitrogen and oxygen atoms in total. The molecule has 0 amide bonds. The molecule has 0 radical (unpaired) electrons. The first kappa shape index (κ1) is 15.8. The summed E-state index contributed by atoms with van der Waals surface area (Å²) in [5, 5.41) is 6.64. The lowest BCUT2D eigenvalue weighted by Gasteiger charge is -2.17. The summed E-state index contributed by atoms with van der Waals surface area (Å²) in [7, 11) is -1.28. The zero-order valence-corrected chi connectivity index (χ0v) is 14.9. The van der Waals surface area contributed by atoms with E-state index in [0.29, 0.717) is 0 Å². The number of aryl methyl sites for hydroxylation is 2. The molecule has 1 atom stereocenters. The predicted octanol–water partition coefficient (Wildman–Crippen LogP) is 4.29. The van der Waals surface area contributed by atoms with Gasteiger partial charge >= 0.3 is 0 Å². The number of benzene rings is 2. The Kier molecular flexibility index (Phi) is 4.01. The molecule has 2 aromatic carbocycles. The van der Waals surface area contributed by atoms with E-state index in [1.807, 2.05) is 68.4 Å². The molecule has 0 fully saturated rings. The molecule has 0 spiro atoms. The van der Waals surface area contributed by atoms with Crippen molar-refractivity contribution in [2.45, 2.75) is 24.2 Å². The minimum atomic E-state index is -1.28. The fourth-order valence-corrected chi connectivity index (χ4v) is 4.56. The molecule has 5 heteroatoms. The first-order valence-electron chi connectivity index (χ1n) is 8.19. The van der Waals surface area contributed by atoms with Crippen molar-refractivity contribution in [3.8, 4) is 11.3 Å². The number of fused-ring (bicyclic) bond motifs is 1. The van der Waals surface area contributed by atoms with E-state index in [1.54, 1.807) is 6.20 Å². The molecule has 2 N–H and O–H groups in total. The summed E-state index contributed by atoms with van der Waals surface area (Å²) in [5.41, 5.74) is 5.49. The summed E-state index contributed by atoms with van der Waals surface area (Å²) in [4.78, 5) is 5.30. The molecular weight excluding hydrogens is 330 g/mol. The lowest BCUT2D eigenvalue weighted by Crippen LogP contribution is -2.28. The minimum absolute atomic E-state index is 0.359. The van der Waals surface area contributed by atoms with Crippen LogP contribution in [-0.4, -0.2) is 14.7 Å². The summed E-state index contributed by atoms with van der Waals surface area (Å²) in [6, 6.07) is 17.9. The Balaban J connectivity index is 1.75. The normalized spacial score (nSPS) is 14.5. The van der Waals surface area contributed by atoms with Crippen LogP contribution in [0.15, 0.2) is 65.7 Å². The van der Waals surface area contributed by atoms with E-state index in [-0.39, 0.29) is 5.50 Å². The van der Waals surface area contributed by atoms with Gasteiger partial charge in [0.2, 0.25) is 0 Å². The molecule has 25 heavy (non-hydrogen) atoms. The van der Waals surface area contributed by atoms with Crippen LogP contribution in [0.4, 0.5) is 11.4 Å². The van der Waals surface area contributed by atoms with Crippen LogP contribution in [0, 0.1) is 13.8 Å². The van der Waals surface area contributed by atoms with Gasteiger partial charge in [-0.1, -0.05) is 30.3 Å². The van der Waals surface area contributed by atoms with E-state index >= 15 is 0 Å². The van der Waals surface area contributed by atoms with Gasteiger partial charge in [-0.3, -0.25) is 9.19 Å². The maximum absolute atomic E-state index is 13.4. The fraction of sp³-hybridized carbons (Fsp3) is 0.150. The summed E-state index contributed by atoms with van der Waals surface area (Å²) >= 11 is 0. The molecule has 1 aliphatic heterocycles. The molecule has 1 aromatic heterocycles. The number of pyridine rings is 1. The van der Waals surface area contributed by atoms with Gasteiger partial charge in [0.1, 0.15) is 0 Å². The van der Waals surface area contributed by atoms with Crippen LogP contribution in [0.25, 0.3) is 11.3 Å². The van der Waals surface area contributed by atoms with Crippen molar-refractivity contribution in [1.82, 2.24) is 4.98 Å². The third-order valence-corrected chi connectivity index (χ3v) is 5.93. The van der Waals surface area contributed by atoms with E-state index < -0.39 is 10.8 Å². The fourth-order valence-electron chi connectivity index (χ4n) is 3.08. The summed E-state index contributed by atoms with van der Waals surface area (Å²) < 4.78 is 13.4. The topological polar surface area (TPSA) is 54.0 Å². The van der Waals surface area contributed by atoms with Gasteiger partial charge in [0.15, 0.2) is 5.50 Å². The van der Waals surface area contributed by atoms with Gasteiger partial charge in [-0.2, -0.15) is 0 Å². The molecule has 1 aliphatic rings. The van der Waals surface area contributed by atoms with Crippen molar-refractivity contribution in [3.63, 3.8) is 0 Å². The maximum atomic E-state index is 13.4. The van der Waals surface area contributed by atoms with Crippen LogP contribution in [0.1, 0.15) is 11.1 Å². The van der Waals surface area contributed by atoms with E-state index in [4.69, 9.17) is 0 Å². The number of aromatic nitrogens is 1. The lowest BCUT2D eigenvalue weighted by atomic mass is 10.1. The lowest BCUT2D eigenvalue weighted by molar-refractivity contribution is 0.679. The van der Waals surface area contributed by atoms with Crippen molar-refractivity contribution in [2.75, 3.05) is 10.6 Å². The highest BCUT2D eigenvalue weighted by molar-refractivity contribution is 7.86. The van der Waals surface area contributed by atoms with Crippen LogP contribution in [0.2, 0.25) is 0 Å². The van der Waals surface area contributed by atoms with E-state index in [0.717, 1.165) is 38.7 Å². The number of rotatable bonds is 3. The smallest absolute Gasteiger partial charge is 0.180 e. The average Bonchev–Trinajstić information content (AvgIpc) is 3.05. The second-order valence-electron chi connectivity index (χ2n) is 6.18. The Morgan fingerprint density at radius 2 is 1.68 bits per heavy atom. The second kappa shape index (κ2) is 6.33. The van der Waals surface area contributed by atoms with Gasteiger partial charge in [0.05, 0.1) is 32.8 Å². The van der Waals surface area contributed by atoms with Gasteiger partial charge in [-0.25, -0.2) is 0 Å². The SMILES string of the molecule is Cc1ccnc(-c2cccc(C)c2S(=O)C2Nc3ccccc3N2)c1. The molecule has 1 unspecified atom stereocenters. The standard InChI is InChI=1S/C20H19N3OS/c1-13-10-11-21-18(12-13)15-7-5-6-14(2)19(15)25(24)20-22-16-8-3-4-9-17(16)23-20/h3-12,20,22-23H,1-2H3. The Morgan fingerprint density at radius 3 is 2.36 bits per heavy atom. The Labute approximate surface area is 149 Å². The monoisotopic (exact) mass is 349 g/mol. The number of hydrogen-bond donors (Lipinski definition) is 2. The van der Waals surface area contributed by atoms with Gasteiger partial charge in [0, 0.05) is 11.8 Å². The number of hydrogen-bond acceptors (Lipinski definition) is 4. The molecule has 0 aliphatic carbocycles. The van der Waals surface area contributed by atoms with Gasteiger partial charge in [-0.15, -0.1) is 0 Å². The van der Waals surface area contributed by atoms with Gasteiger partial charge < -0.3 is 10.6 Å². The zero-order chi connectivity index (χ0) is 17.4. The molecule has 4 rings (SSSR count). The Hall–Kier alpha value is -2.66. The highest BCUT2D eigenvalue weighted by Gasteiger charge is 2.28. The molecule has 3 aromatic rings. The molecule has 2 heterocycles. The zero-order valence-electron chi connectivity index (χ0n) is 14.1. The third kappa shape index (κ3) is 2.91. The van der Waals surface area contributed by atoms with Crippen molar-refractivity contribution in [3.05, 3.63) is 71.9 Å². The van der Waals surface area contributed by atoms with Gasteiger partial charge in [0.25, 0.3) is 0 Å². The van der Waals surface area contributed by atoms with E-state index in [9.17, 15) is 4.21 Å². The number of nitrogens with one attached hydrogen (secondary N) is 2.